The fourth-order valence-corrected chi connectivity index (χ4v) is 2.33. The van der Waals surface area contributed by atoms with Crippen LogP contribution in [0.3, 0.4) is 0 Å². The van der Waals surface area contributed by atoms with Crippen LogP contribution in [-0.2, 0) is 0 Å². The zero-order valence-corrected chi connectivity index (χ0v) is 11.1. The van der Waals surface area contributed by atoms with Crippen molar-refractivity contribution in [2.45, 2.75) is 0 Å². The third kappa shape index (κ3) is 2.12. The number of hydrogen-bond donors (Lipinski definition) is 2. The Morgan fingerprint density at radius 3 is 2.59 bits per heavy atom. The summed E-state index contributed by atoms with van der Waals surface area (Å²) in [6.45, 7) is 0. The average molecular weight is 335 g/mol. The summed E-state index contributed by atoms with van der Waals surface area (Å²) in [6.07, 6.45) is 0. The summed E-state index contributed by atoms with van der Waals surface area (Å²) in [5.74, 6) is 0.773. The second kappa shape index (κ2) is 4.37. The number of nitrogens with zero attached hydrogens (tertiary/aromatic N) is 1. The maximum Gasteiger partial charge on any atom is 0.205 e. The van der Waals surface area contributed by atoms with Crippen molar-refractivity contribution in [3.63, 3.8) is 0 Å². The number of halogens is 1. The topological polar surface area (TPSA) is 40.7 Å². The lowest BCUT2D eigenvalue weighted by Gasteiger charge is -2.00. The van der Waals surface area contributed by atoms with E-state index in [1.54, 1.807) is 0 Å². The summed E-state index contributed by atoms with van der Waals surface area (Å²) in [7, 11) is 0. The normalized spacial score (nSPS) is 10.6. The molecule has 0 aliphatic rings. The molecule has 0 spiro atoms. The van der Waals surface area contributed by atoms with Crippen LogP contribution in [0, 0.1) is 3.57 Å². The summed E-state index contributed by atoms with van der Waals surface area (Å²) in [5, 5.41) is 3.25. The zero-order valence-electron chi connectivity index (χ0n) is 8.94. The van der Waals surface area contributed by atoms with E-state index < -0.39 is 0 Å². The van der Waals surface area contributed by atoms with Crippen LogP contribution < -0.4 is 5.32 Å². The molecule has 0 aliphatic carbocycles. The van der Waals surface area contributed by atoms with Crippen molar-refractivity contribution < 1.29 is 0 Å². The van der Waals surface area contributed by atoms with Gasteiger partial charge in [-0.2, -0.15) is 0 Å². The van der Waals surface area contributed by atoms with Crippen molar-refractivity contribution in [3.05, 3.63) is 52.1 Å². The number of nitrogens with one attached hydrogen (secondary N) is 2. The van der Waals surface area contributed by atoms with Crippen molar-refractivity contribution in [1.82, 2.24) is 9.97 Å². The highest BCUT2D eigenvalue weighted by Gasteiger charge is 2.04. The largest absolute Gasteiger partial charge is 0.326 e. The first-order valence-corrected chi connectivity index (χ1v) is 6.37. The van der Waals surface area contributed by atoms with Gasteiger partial charge in [-0.05, 0) is 46.9 Å². The van der Waals surface area contributed by atoms with Gasteiger partial charge in [-0.15, -0.1) is 0 Å². The molecule has 84 valence electrons. The van der Waals surface area contributed by atoms with E-state index in [1.807, 2.05) is 42.5 Å². The maximum atomic E-state index is 4.50. The van der Waals surface area contributed by atoms with E-state index >= 15 is 0 Å². The van der Waals surface area contributed by atoms with Crippen LogP contribution in [0.15, 0.2) is 48.5 Å². The fraction of sp³-hybridized carbons (Fsp3) is 0. The molecule has 0 saturated carbocycles. The van der Waals surface area contributed by atoms with Gasteiger partial charge in [0, 0.05) is 9.26 Å². The monoisotopic (exact) mass is 335 g/mol. The fourth-order valence-electron chi connectivity index (χ4n) is 1.71. The van der Waals surface area contributed by atoms with E-state index in [4.69, 9.17) is 0 Å². The Labute approximate surface area is 112 Å². The minimum atomic E-state index is 0.773. The Morgan fingerprint density at radius 1 is 1.00 bits per heavy atom. The summed E-state index contributed by atoms with van der Waals surface area (Å²) in [6, 6.07) is 16.1. The van der Waals surface area contributed by atoms with Crippen LogP contribution in [0.5, 0.6) is 0 Å². The number of H-pyrrole nitrogens is 1. The third-order valence-corrected chi connectivity index (χ3v) is 3.40. The van der Waals surface area contributed by atoms with Crippen molar-refractivity contribution >= 4 is 45.3 Å². The zero-order chi connectivity index (χ0) is 11.7. The standard InChI is InChI=1S/C13H10IN3/c14-10-7-4-8-11-12(10)17-13(16-11)15-9-5-2-1-3-6-9/h1-8H,(H2,15,16,17). The highest BCUT2D eigenvalue weighted by Crippen LogP contribution is 2.21. The van der Waals surface area contributed by atoms with Gasteiger partial charge in [0.2, 0.25) is 5.95 Å². The number of fused-ring (bicyclic) bond motifs is 1. The number of aromatic amines is 1. The average Bonchev–Trinajstić information content (AvgIpc) is 2.74. The van der Waals surface area contributed by atoms with E-state index in [-0.39, 0.29) is 0 Å². The SMILES string of the molecule is Ic1cccc2nc(Nc3ccccc3)[nH]c12. The molecule has 0 amide bonds. The smallest absolute Gasteiger partial charge is 0.205 e. The molecule has 0 radical (unpaired) electrons. The number of benzene rings is 2. The quantitative estimate of drug-likeness (QED) is 0.697. The number of para-hydroxylation sites is 2. The maximum absolute atomic E-state index is 4.50. The number of imidazole rings is 1. The van der Waals surface area contributed by atoms with E-state index in [9.17, 15) is 0 Å². The molecule has 0 fully saturated rings. The van der Waals surface area contributed by atoms with Gasteiger partial charge in [0.05, 0.1) is 11.0 Å². The second-order valence-corrected chi connectivity index (χ2v) is 4.87. The molecule has 3 nitrogen and oxygen atoms in total. The first-order valence-electron chi connectivity index (χ1n) is 5.29. The Bertz CT molecular complexity index is 646. The van der Waals surface area contributed by atoms with Crippen LogP contribution in [0.2, 0.25) is 0 Å². The Kier molecular flexibility index (Phi) is 2.72. The molecule has 2 aromatic carbocycles. The molecule has 17 heavy (non-hydrogen) atoms. The Hall–Kier alpha value is -1.56. The van der Waals surface area contributed by atoms with Crippen LogP contribution in [-0.4, -0.2) is 9.97 Å². The van der Waals surface area contributed by atoms with Gasteiger partial charge in [0.15, 0.2) is 0 Å². The summed E-state index contributed by atoms with van der Waals surface area (Å²) < 4.78 is 1.17. The highest BCUT2D eigenvalue weighted by molar-refractivity contribution is 14.1. The van der Waals surface area contributed by atoms with Crippen molar-refractivity contribution in [1.29, 1.82) is 0 Å². The van der Waals surface area contributed by atoms with Gasteiger partial charge in [-0.3, -0.25) is 0 Å². The first-order chi connectivity index (χ1) is 8.33. The lowest BCUT2D eigenvalue weighted by atomic mass is 10.3. The second-order valence-electron chi connectivity index (χ2n) is 3.71. The van der Waals surface area contributed by atoms with Crippen molar-refractivity contribution in [2.75, 3.05) is 5.32 Å². The minimum absolute atomic E-state index is 0.773. The predicted molar refractivity (Wildman–Crippen MR) is 78.5 cm³/mol. The molecule has 0 unspecified atom stereocenters. The van der Waals surface area contributed by atoms with E-state index in [0.717, 1.165) is 22.7 Å². The van der Waals surface area contributed by atoms with Crippen molar-refractivity contribution in [2.24, 2.45) is 0 Å². The van der Waals surface area contributed by atoms with Gasteiger partial charge in [-0.25, -0.2) is 4.98 Å². The lowest BCUT2D eigenvalue weighted by Crippen LogP contribution is -1.91. The highest BCUT2D eigenvalue weighted by atomic mass is 127. The first kappa shape index (κ1) is 10.6. The molecular weight excluding hydrogens is 325 g/mol. The number of hydrogen-bond acceptors (Lipinski definition) is 2. The molecular formula is C13H10IN3. The molecule has 3 aromatic rings. The predicted octanol–water partition coefficient (Wildman–Crippen LogP) is 3.91. The van der Waals surface area contributed by atoms with Gasteiger partial charge in [0.1, 0.15) is 0 Å². The lowest BCUT2D eigenvalue weighted by molar-refractivity contribution is 1.31. The third-order valence-electron chi connectivity index (χ3n) is 2.50. The van der Waals surface area contributed by atoms with Crippen LogP contribution in [0.4, 0.5) is 11.6 Å². The van der Waals surface area contributed by atoms with Crippen LogP contribution in [0.1, 0.15) is 0 Å². The molecule has 0 saturated heterocycles. The molecule has 2 N–H and O–H groups in total. The molecule has 1 aromatic heterocycles. The Balaban J connectivity index is 1.99. The number of rotatable bonds is 2. The summed E-state index contributed by atoms with van der Waals surface area (Å²) in [4.78, 5) is 7.78. The number of anilines is 2. The molecule has 0 aliphatic heterocycles. The summed E-state index contributed by atoms with van der Waals surface area (Å²) in [5.41, 5.74) is 3.09. The van der Waals surface area contributed by atoms with Gasteiger partial charge in [-0.1, -0.05) is 24.3 Å². The van der Waals surface area contributed by atoms with Gasteiger partial charge in [0.25, 0.3) is 0 Å². The molecule has 1 heterocycles. The molecule has 0 bridgehead atoms. The minimum Gasteiger partial charge on any atom is -0.326 e. The van der Waals surface area contributed by atoms with Crippen LogP contribution in [0.25, 0.3) is 11.0 Å². The molecule has 4 heteroatoms. The van der Waals surface area contributed by atoms with E-state index in [1.165, 1.54) is 3.57 Å². The van der Waals surface area contributed by atoms with E-state index in [2.05, 4.69) is 43.9 Å². The molecule has 0 atom stereocenters. The van der Waals surface area contributed by atoms with E-state index in [0.29, 0.717) is 0 Å². The summed E-state index contributed by atoms with van der Waals surface area (Å²) >= 11 is 2.30. The van der Waals surface area contributed by atoms with Crippen molar-refractivity contribution in [3.8, 4) is 0 Å². The molecule has 3 rings (SSSR count). The van der Waals surface area contributed by atoms with Gasteiger partial charge >= 0.3 is 0 Å². The number of aromatic nitrogens is 2. The van der Waals surface area contributed by atoms with Crippen LogP contribution >= 0.6 is 22.6 Å². The Morgan fingerprint density at radius 2 is 1.82 bits per heavy atom. The van der Waals surface area contributed by atoms with Gasteiger partial charge < -0.3 is 10.3 Å².